The van der Waals surface area contributed by atoms with E-state index in [9.17, 15) is 28.1 Å². The number of nitro groups is 1. The average molecular weight is 357 g/mol. The Morgan fingerprint density at radius 2 is 1.96 bits per heavy atom. The summed E-state index contributed by atoms with van der Waals surface area (Å²) in [6.45, 7) is -0.481. The highest BCUT2D eigenvalue weighted by Gasteiger charge is 2.39. The number of carbonyl (C=O) groups excluding carboxylic acids is 1. The number of nitrogens with one attached hydrogen (secondary N) is 1. The minimum absolute atomic E-state index is 0.116. The number of nitro benzene ring substituents is 1. The van der Waals surface area contributed by atoms with E-state index in [1.165, 1.54) is 0 Å². The molecule has 0 bridgehead atoms. The number of sulfonamides is 1. The topological polar surface area (TPSA) is 147 Å². The molecule has 1 amide bonds. The Morgan fingerprint density at radius 1 is 1.33 bits per heavy atom. The Hall–Kier alpha value is -2.53. The van der Waals surface area contributed by atoms with Crippen LogP contribution in [0.15, 0.2) is 29.2 Å². The van der Waals surface area contributed by atoms with Gasteiger partial charge < -0.3 is 10.4 Å². The third kappa shape index (κ3) is 3.68. The van der Waals surface area contributed by atoms with Gasteiger partial charge in [-0.05, 0) is 25.0 Å². The predicted molar refractivity (Wildman–Crippen MR) is 80.7 cm³/mol. The standard InChI is InChI=1S/C13H15N3O7S/c17-12(18)8-14-13(19)11-2-1-7-15(11)24(22,23)10-5-3-9(4-6-10)16(20)21/h3-6,11H,1-2,7-8H2,(H,14,19)(H,17,18). The molecule has 130 valence electrons. The van der Waals surface area contributed by atoms with E-state index in [1.54, 1.807) is 0 Å². The van der Waals surface area contributed by atoms with Crippen LogP contribution in [0.5, 0.6) is 0 Å². The van der Waals surface area contributed by atoms with Crippen LogP contribution >= 0.6 is 0 Å². The first kappa shape index (κ1) is 17.8. The van der Waals surface area contributed by atoms with Crippen molar-refractivity contribution in [2.24, 2.45) is 0 Å². The molecule has 24 heavy (non-hydrogen) atoms. The molecule has 0 radical (unpaired) electrons. The van der Waals surface area contributed by atoms with Gasteiger partial charge in [-0.3, -0.25) is 19.7 Å². The lowest BCUT2D eigenvalue weighted by atomic mass is 10.2. The van der Waals surface area contributed by atoms with Crippen LogP contribution in [0.4, 0.5) is 5.69 Å². The summed E-state index contributed by atoms with van der Waals surface area (Å²) >= 11 is 0. The molecular weight excluding hydrogens is 342 g/mol. The molecular formula is C13H15N3O7S. The quantitative estimate of drug-likeness (QED) is 0.536. The number of nitrogens with zero attached hydrogens (tertiary/aromatic N) is 2. The van der Waals surface area contributed by atoms with E-state index in [0.29, 0.717) is 6.42 Å². The molecule has 0 spiro atoms. The molecule has 0 saturated carbocycles. The number of carbonyl (C=O) groups is 2. The summed E-state index contributed by atoms with van der Waals surface area (Å²) in [4.78, 5) is 32.3. The van der Waals surface area contributed by atoms with E-state index in [4.69, 9.17) is 5.11 Å². The zero-order valence-corrected chi connectivity index (χ0v) is 13.2. The van der Waals surface area contributed by atoms with Crippen LogP contribution in [0.3, 0.4) is 0 Å². The van der Waals surface area contributed by atoms with Crippen molar-refractivity contribution < 1.29 is 28.0 Å². The van der Waals surface area contributed by atoms with E-state index < -0.39 is 39.4 Å². The van der Waals surface area contributed by atoms with Gasteiger partial charge in [0.1, 0.15) is 12.6 Å². The highest BCUT2D eigenvalue weighted by Crippen LogP contribution is 2.27. The van der Waals surface area contributed by atoms with Gasteiger partial charge in [0, 0.05) is 18.7 Å². The number of carboxylic acids is 1. The van der Waals surface area contributed by atoms with E-state index in [-0.39, 0.29) is 23.5 Å². The smallest absolute Gasteiger partial charge is 0.322 e. The van der Waals surface area contributed by atoms with Crippen LogP contribution in [0.25, 0.3) is 0 Å². The van der Waals surface area contributed by atoms with Gasteiger partial charge in [-0.15, -0.1) is 0 Å². The molecule has 1 aromatic carbocycles. The first-order chi connectivity index (χ1) is 11.2. The molecule has 1 aliphatic heterocycles. The summed E-state index contributed by atoms with van der Waals surface area (Å²) in [6.07, 6.45) is 0.731. The van der Waals surface area contributed by atoms with Gasteiger partial charge in [0.15, 0.2) is 0 Å². The maximum absolute atomic E-state index is 12.6. The molecule has 2 rings (SSSR count). The molecule has 1 heterocycles. The van der Waals surface area contributed by atoms with Crippen molar-refractivity contribution in [2.45, 2.75) is 23.8 Å². The van der Waals surface area contributed by atoms with Crippen molar-refractivity contribution in [1.82, 2.24) is 9.62 Å². The van der Waals surface area contributed by atoms with E-state index in [1.807, 2.05) is 0 Å². The second-order valence-electron chi connectivity index (χ2n) is 5.14. The van der Waals surface area contributed by atoms with Gasteiger partial charge in [0.25, 0.3) is 5.69 Å². The summed E-state index contributed by atoms with van der Waals surface area (Å²) < 4.78 is 26.2. The SMILES string of the molecule is O=C(O)CNC(=O)C1CCCN1S(=O)(=O)c1ccc([N+](=O)[O-])cc1. The van der Waals surface area contributed by atoms with Crippen molar-refractivity contribution in [3.63, 3.8) is 0 Å². The predicted octanol–water partition coefficient (Wildman–Crippen LogP) is -0.0513. The normalized spacial score (nSPS) is 18.2. The fraction of sp³-hybridized carbons (Fsp3) is 0.385. The maximum Gasteiger partial charge on any atom is 0.322 e. The summed E-state index contributed by atoms with van der Waals surface area (Å²) in [5, 5.41) is 21.4. The molecule has 1 unspecified atom stereocenters. The first-order valence-electron chi connectivity index (χ1n) is 6.99. The zero-order valence-electron chi connectivity index (χ0n) is 12.4. The van der Waals surface area contributed by atoms with Crippen molar-refractivity contribution in [1.29, 1.82) is 0 Å². The van der Waals surface area contributed by atoms with Crippen LogP contribution in [0.1, 0.15) is 12.8 Å². The Balaban J connectivity index is 2.22. The lowest BCUT2D eigenvalue weighted by Gasteiger charge is -2.23. The number of carboxylic acid groups (broad SMARTS) is 1. The van der Waals surface area contributed by atoms with Gasteiger partial charge in [-0.2, -0.15) is 4.31 Å². The monoisotopic (exact) mass is 357 g/mol. The molecule has 11 heteroatoms. The van der Waals surface area contributed by atoms with Gasteiger partial charge in [0.05, 0.1) is 9.82 Å². The molecule has 0 aromatic heterocycles. The number of benzene rings is 1. The molecule has 1 fully saturated rings. The fourth-order valence-corrected chi connectivity index (χ4v) is 4.10. The molecule has 1 atom stereocenters. The molecule has 10 nitrogen and oxygen atoms in total. The number of hydrogen-bond donors (Lipinski definition) is 2. The van der Waals surface area contributed by atoms with E-state index >= 15 is 0 Å². The van der Waals surface area contributed by atoms with Gasteiger partial charge in [-0.1, -0.05) is 0 Å². The lowest BCUT2D eigenvalue weighted by molar-refractivity contribution is -0.384. The Bertz CT molecular complexity index is 760. The molecule has 1 aliphatic rings. The van der Waals surface area contributed by atoms with Crippen LogP contribution in [0.2, 0.25) is 0 Å². The van der Waals surface area contributed by atoms with Crippen molar-refractivity contribution in [3.8, 4) is 0 Å². The van der Waals surface area contributed by atoms with Crippen molar-refractivity contribution >= 4 is 27.6 Å². The first-order valence-corrected chi connectivity index (χ1v) is 8.43. The number of amides is 1. The van der Waals surface area contributed by atoms with Crippen molar-refractivity contribution in [2.75, 3.05) is 13.1 Å². The lowest BCUT2D eigenvalue weighted by Crippen LogP contribution is -2.46. The maximum atomic E-state index is 12.6. The van der Waals surface area contributed by atoms with Crippen LogP contribution in [-0.2, 0) is 19.6 Å². The average Bonchev–Trinajstić information content (AvgIpc) is 3.03. The third-order valence-corrected chi connectivity index (χ3v) is 5.50. The number of rotatable bonds is 6. The van der Waals surface area contributed by atoms with Gasteiger partial charge in [0.2, 0.25) is 15.9 Å². The Kier molecular flexibility index (Phi) is 5.14. The van der Waals surface area contributed by atoms with Crippen LogP contribution in [0, 0.1) is 10.1 Å². The molecule has 1 aromatic rings. The molecule has 1 saturated heterocycles. The number of non-ortho nitro benzene ring substituents is 1. The number of aliphatic carboxylic acids is 1. The zero-order chi connectivity index (χ0) is 17.9. The van der Waals surface area contributed by atoms with Crippen LogP contribution < -0.4 is 5.32 Å². The summed E-state index contributed by atoms with van der Waals surface area (Å²) in [5.41, 5.74) is -0.244. The Morgan fingerprint density at radius 3 is 2.50 bits per heavy atom. The van der Waals surface area contributed by atoms with Crippen LogP contribution in [-0.4, -0.2) is 53.8 Å². The highest BCUT2D eigenvalue weighted by atomic mass is 32.2. The summed E-state index contributed by atoms with van der Waals surface area (Å²) in [7, 11) is -4.01. The van der Waals surface area contributed by atoms with E-state index in [0.717, 1.165) is 28.6 Å². The van der Waals surface area contributed by atoms with Gasteiger partial charge >= 0.3 is 5.97 Å². The minimum atomic E-state index is -4.01. The number of hydrogen-bond acceptors (Lipinski definition) is 6. The van der Waals surface area contributed by atoms with Gasteiger partial charge in [-0.25, -0.2) is 8.42 Å². The summed E-state index contributed by atoms with van der Waals surface area (Å²) in [6, 6.07) is 3.37. The fourth-order valence-electron chi connectivity index (χ4n) is 2.45. The minimum Gasteiger partial charge on any atom is -0.480 e. The largest absolute Gasteiger partial charge is 0.480 e. The summed E-state index contributed by atoms with van der Waals surface area (Å²) in [5.74, 6) is -1.91. The Labute approximate surface area is 137 Å². The third-order valence-electron chi connectivity index (χ3n) is 3.57. The molecule has 0 aliphatic carbocycles. The highest BCUT2D eigenvalue weighted by molar-refractivity contribution is 7.89. The second-order valence-corrected chi connectivity index (χ2v) is 7.03. The second kappa shape index (κ2) is 6.93. The van der Waals surface area contributed by atoms with E-state index in [2.05, 4.69) is 5.32 Å². The van der Waals surface area contributed by atoms with Crippen molar-refractivity contribution in [3.05, 3.63) is 34.4 Å². The molecule has 2 N–H and O–H groups in total.